The maximum absolute atomic E-state index is 13.5. The molecule has 0 aliphatic carbocycles. The molecule has 0 N–H and O–H groups in total. The summed E-state index contributed by atoms with van der Waals surface area (Å²) in [6.45, 7) is 22.6. The van der Waals surface area contributed by atoms with Crippen LogP contribution in [0, 0.1) is 68.2 Å². The van der Waals surface area contributed by atoms with Crippen molar-refractivity contribution in [3.8, 4) is 17.2 Å². The lowest BCUT2D eigenvalue weighted by atomic mass is 10.0. The molecular weight excluding hydrogens is 689 g/mol. The summed E-state index contributed by atoms with van der Waals surface area (Å²) in [5.74, 6) is 2.44. The zero-order valence-electron chi connectivity index (χ0n) is 32.8. The topological polar surface area (TPSA) is 115 Å². The fourth-order valence-corrected chi connectivity index (χ4v) is 9.22. The predicted molar refractivity (Wildman–Crippen MR) is 207 cm³/mol. The first-order chi connectivity index (χ1) is 25.0. The molecule has 2 aromatic heterocycles. The van der Waals surface area contributed by atoms with Crippen molar-refractivity contribution < 1.29 is 27.4 Å². The fourth-order valence-electron chi connectivity index (χ4n) is 7.60. The number of ether oxygens (including phenoxy) is 4. The van der Waals surface area contributed by atoms with Crippen LogP contribution in [0.1, 0.15) is 76.6 Å². The Labute approximate surface area is 313 Å². The zero-order chi connectivity index (χ0) is 38.4. The molecule has 10 nitrogen and oxygen atoms in total. The Morgan fingerprint density at radius 3 is 1.70 bits per heavy atom. The molecule has 0 saturated carbocycles. The molecule has 282 valence electrons. The van der Waals surface area contributed by atoms with E-state index in [-0.39, 0.29) is 28.8 Å². The van der Waals surface area contributed by atoms with Gasteiger partial charge in [0.15, 0.2) is 38.9 Å². The van der Waals surface area contributed by atoms with Gasteiger partial charge in [-0.15, -0.1) is 0 Å². The van der Waals surface area contributed by atoms with E-state index in [2.05, 4.69) is 72.1 Å². The number of benzene rings is 3. The second-order valence-corrected chi connectivity index (χ2v) is 17.3. The van der Waals surface area contributed by atoms with E-state index < -0.39 is 34.4 Å². The average Bonchev–Trinajstić information content (AvgIpc) is 3.63. The Hall–Kier alpha value is -4.48. The predicted octanol–water partition coefficient (Wildman–Crippen LogP) is 8.29. The summed E-state index contributed by atoms with van der Waals surface area (Å²) in [7, 11) is -3.74. The van der Waals surface area contributed by atoms with Crippen LogP contribution in [0.15, 0.2) is 54.1 Å². The van der Waals surface area contributed by atoms with Gasteiger partial charge in [0.25, 0.3) is 0 Å². The lowest BCUT2D eigenvalue weighted by Crippen LogP contribution is -2.43. The summed E-state index contributed by atoms with van der Waals surface area (Å²) in [5.41, 5.74) is 9.95. The third-order valence-corrected chi connectivity index (χ3v) is 11.5. The molecule has 0 radical (unpaired) electrons. The zero-order valence-corrected chi connectivity index (χ0v) is 33.6. The van der Waals surface area contributed by atoms with Crippen LogP contribution in [-0.2, 0) is 14.6 Å². The van der Waals surface area contributed by atoms with Gasteiger partial charge in [-0.25, -0.2) is 23.4 Å². The van der Waals surface area contributed by atoms with Gasteiger partial charge in [0.2, 0.25) is 0 Å². The van der Waals surface area contributed by atoms with Crippen LogP contribution < -0.4 is 14.2 Å². The molecule has 0 bridgehead atoms. The van der Waals surface area contributed by atoms with Crippen molar-refractivity contribution in [2.75, 3.05) is 12.4 Å². The molecule has 6 rings (SSSR count). The van der Waals surface area contributed by atoms with Crippen LogP contribution in [0.25, 0.3) is 11.2 Å². The van der Waals surface area contributed by atoms with Gasteiger partial charge in [0.1, 0.15) is 41.8 Å². The van der Waals surface area contributed by atoms with Crippen molar-refractivity contribution in [3.63, 3.8) is 0 Å². The van der Waals surface area contributed by atoms with Crippen LogP contribution in [-0.4, -0.2) is 58.6 Å². The lowest BCUT2D eigenvalue weighted by molar-refractivity contribution is -0.0437. The Bertz CT molecular complexity index is 2190. The molecule has 4 atom stereocenters. The average molecular weight is 741 g/mol. The van der Waals surface area contributed by atoms with Gasteiger partial charge in [-0.2, -0.15) is 0 Å². The summed E-state index contributed by atoms with van der Waals surface area (Å²) < 4.78 is 56.5. The largest absolute Gasteiger partial charge is 0.490 e. The van der Waals surface area contributed by atoms with Gasteiger partial charge in [-0.3, -0.25) is 4.57 Å². The van der Waals surface area contributed by atoms with Crippen LogP contribution >= 0.6 is 0 Å². The minimum absolute atomic E-state index is 0.0380. The molecule has 11 heteroatoms. The van der Waals surface area contributed by atoms with E-state index in [1.165, 1.54) is 6.33 Å². The molecule has 0 amide bonds. The van der Waals surface area contributed by atoms with Crippen molar-refractivity contribution in [1.29, 1.82) is 0 Å². The van der Waals surface area contributed by atoms with Gasteiger partial charge in [-0.1, -0.05) is 66.9 Å². The van der Waals surface area contributed by atoms with E-state index in [0.717, 1.165) is 67.3 Å². The minimum atomic E-state index is -3.74. The van der Waals surface area contributed by atoms with Crippen LogP contribution in [0.4, 0.5) is 0 Å². The smallest absolute Gasteiger partial charge is 0.198 e. The monoisotopic (exact) mass is 740 g/mol. The highest BCUT2D eigenvalue weighted by Gasteiger charge is 2.51. The Morgan fingerprint density at radius 2 is 1.19 bits per heavy atom. The third kappa shape index (κ3) is 7.92. The normalized spacial score (nSPS) is 18.9. The Morgan fingerprint density at radius 1 is 0.698 bits per heavy atom. The molecule has 53 heavy (non-hydrogen) atoms. The first-order valence-electron chi connectivity index (χ1n) is 18.3. The van der Waals surface area contributed by atoms with E-state index >= 15 is 0 Å². The number of hydrogen-bond acceptors (Lipinski definition) is 9. The molecule has 5 aromatic rings. The molecule has 3 heterocycles. The van der Waals surface area contributed by atoms with E-state index in [9.17, 15) is 8.42 Å². The highest BCUT2D eigenvalue weighted by Crippen LogP contribution is 2.41. The number of aryl methyl sites for hydroxylation is 9. The van der Waals surface area contributed by atoms with Crippen LogP contribution in [0.3, 0.4) is 0 Å². The number of nitrogens with zero attached hydrogens (tertiary/aromatic N) is 4. The number of aromatic nitrogens is 4. The lowest BCUT2D eigenvalue weighted by Gasteiger charge is -2.29. The van der Waals surface area contributed by atoms with Gasteiger partial charge in [0, 0.05) is 0 Å². The number of sulfone groups is 1. The van der Waals surface area contributed by atoms with Crippen molar-refractivity contribution in [3.05, 3.63) is 99.1 Å². The van der Waals surface area contributed by atoms with Crippen LogP contribution in [0.5, 0.6) is 17.2 Å². The number of fused-ring (bicyclic) bond motifs is 1. The molecule has 0 spiro atoms. The summed E-state index contributed by atoms with van der Waals surface area (Å²) >= 11 is 0. The highest BCUT2D eigenvalue weighted by atomic mass is 32.2. The van der Waals surface area contributed by atoms with Gasteiger partial charge in [-0.05, 0) is 108 Å². The molecule has 1 fully saturated rings. The maximum Gasteiger partial charge on any atom is 0.198 e. The second kappa shape index (κ2) is 15.1. The van der Waals surface area contributed by atoms with Crippen LogP contribution in [0.2, 0.25) is 0 Å². The van der Waals surface area contributed by atoms with Gasteiger partial charge in [0.05, 0.1) is 12.1 Å². The second-order valence-electron chi connectivity index (χ2n) is 15.2. The third-order valence-electron chi connectivity index (χ3n) is 9.86. The van der Waals surface area contributed by atoms with Crippen molar-refractivity contribution >= 4 is 21.0 Å². The summed E-state index contributed by atoms with van der Waals surface area (Å²) in [4.78, 5) is 13.4. The number of hydrogen-bond donors (Lipinski definition) is 0. The first-order valence-corrected chi connectivity index (χ1v) is 19.9. The highest BCUT2D eigenvalue weighted by molar-refractivity contribution is 7.91. The van der Waals surface area contributed by atoms with E-state index in [0.29, 0.717) is 12.1 Å². The summed E-state index contributed by atoms with van der Waals surface area (Å²) in [5, 5.41) is -0.0912. The molecule has 1 aliphatic rings. The van der Waals surface area contributed by atoms with E-state index in [1.807, 2.05) is 55.4 Å². The summed E-state index contributed by atoms with van der Waals surface area (Å²) in [6.07, 6.45) is 0.490. The number of rotatable bonds is 12. The van der Waals surface area contributed by atoms with Crippen molar-refractivity contribution in [2.24, 2.45) is 5.92 Å². The fraction of sp³-hybridized carbons (Fsp3) is 0.452. The SMILES string of the molecule is Cc1cc(C)c(OC[C@H]2O[C@@H](n3cnc4c(S(=O)(=O)CCC(C)C)ncnc43)[C@H](Oc3c(C)cc(C)cc3C)[C@@H]2Oc2c(C)cc(C)cc2C)c(C)c1. The van der Waals surface area contributed by atoms with E-state index in [4.69, 9.17) is 18.9 Å². The standard InChI is InChI=1S/C42H52N4O6S/c1-23(2)12-13-53(47,48)41-34-40(43-21-44-41)46(22-45-34)42-39(52-37-31(10)18-26(5)19-32(37)11)38(51-36-29(8)16-25(4)17-30(36)9)33(50-42)20-49-35-27(6)14-24(3)15-28(35)7/h14-19,21-23,33,38-39,42H,12-13,20H2,1-11H3/t33-,38-,39-,42-/m1/s1. The molecule has 1 saturated heterocycles. The van der Waals surface area contributed by atoms with E-state index in [1.54, 1.807) is 10.9 Å². The van der Waals surface area contributed by atoms with Crippen molar-refractivity contribution in [1.82, 2.24) is 19.5 Å². The molecule has 0 unspecified atom stereocenters. The van der Waals surface area contributed by atoms with Crippen molar-refractivity contribution in [2.45, 2.75) is 112 Å². The molecular formula is C42H52N4O6S. The minimum Gasteiger partial charge on any atom is -0.490 e. The molecule has 1 aliphatic heterocycles. The Kier molecular flexibility index (Phi) is 10.9. The maximum atomic E-state index is 13.5. The summed E-state index contributed by atoms with van der Waals surface area (Å²) in [6, 6.07) is 12.6. The first kappa shape index (κ1) is 38.3. The van der Waals surface area contributed by atoms with Gasteiger partial charge >= 0.3 is 0 Å². The quantitative estimate of drug-likeness (QED) is 0.117. The number of imidazole rings is 1. The Balaban J connectivity index is 1.49. The molecule has 3 aromatic carbocycles. The van der Waals surface area contributed by atoms with Gasteiger partial charge < -0.3 is 18.9 Å².